The van der Waals surface area contributed by atoms with Crippen LogP contribution < -0.4 is 38.1 Å². The number of thiazole rings is 1. The van der Waals surface area contributed by atoms with Crippen molar-refractivity contribution in [3.8, 4) is 0 Å². The molecule has 0 aliphatic heterocycles. The summed E-state index contributed by atoms with van der Waals surface area (Å²) < 4.78 is 0.842. The smallest absolute Gasteiger partial charge is 0.243 e. The van der Waals surface area contributed by atoms with Crippen molar-refractivity contribution >= 4 is 57.0 Å². The van der Waals surface area contributed by atoms with Crippen LogP contribution in [0.15, 0.2) is 24.3 Å². The number of hydrogen-bond donors (Lipinski definition) is 9. The van der Waals surface area contributed by atoms with Gasteiger partial charge in [0.2, 0.25) is 23.5 Å². The number of carbonyl (C=O) groups excluding carboxylic acids is 4. The number of Topliss-reactive ketones (excluding diaryl/α,β-unsaturated/α-hetero) is 1. The minimum Gasteiger partial charge on any atom is -0.370 e. The van der Waals surface area contributed by atoms with Gasteiger partial charge in [-0.1, -0.05) is 26.0 Å². The average Bonchev–Trinajstić information content (AvgIpc) is 3.33. The monoisotopic (exact) mass is 588 g/mol. The molecule has 0 saturated carbocycles. The summed E-state index contributed by atoms with van der Waals surface area (Å²) in [7, 11) is 0. The van der Waals surface area contributed by atoms with Crippen molar-refractivity contribution in [2.45, 2.75) is 64.6 Å². The van der Waals surface area contributed by atoms with Crippen LogP contribution in [0.1, 0.15) is 56.3 Å². The number of ketones is 1. The third-order valence-corrected chi connectivity index (χ3v) is 7.10. The maximum Gasteiger partial charge on any atom is 0.243 e. The number of nitrogens with zero attached hydrogens (tertiary/aromatic N) is 1. The minimum absolute atomic E-state index is 0.198. The van der Waals surface area contributed by atoms with Gasteiger partial charge >= 0.3 is 0 Å². The van der Waals surface area contributed by atoms with Crippen molar-refractivity contribution in [3.63, 3.8) is 0 Å². The van der Waals surface area contributed by atoms with Crippen molar-refractivity contribution in [2.24, 2.45) is 17.4 Å². The molecule has 1 aromatic carbocycles. The zero-order valence-electron chi connectivity index (χ0n) is 23.5. The summed E-state index contributed by atoms with van der Waals surface area (Å²) in [4.78, 5) is 56.3. The number of carbonyl (C=O) groups is 4. The van der Waals surface area contributed by atoms with Crippen molar-refractivity contribution in [2.75, 3.05) is 13.1 Å². The molecule has 3 atom stereocenters. The minimum atomic E-state index is -0.991. The molecule has 224 valence electrons. The van der Waals surface area contributed by atoms with Gasteiger partial charge in [0, 0.05) is 20.0 Å². The summed E-state index contributed by atoms with van der Waals surface area (Å²) in [5.74, 6) is -2.59. The Balaban J connectivity index is 2.18. The number of fused-ring (bicyclic) bond motifs is 1. The van der Waals surface area contributed by atoms with E-state index in [-0.39, 0.29) is 41.5 Å². The van der Waals surface area contributed by atoms with Crippen molar-refractivity contribution in [3.05, 3.63) is 29.3 Å². The summed E-state index contributed by atoms with van der Waals surface area (Å²) >= 11 is 1.23. The van der Waals surface area contributed by atoms with Crippen molar-refractivity contribution in [1.82, 2.24) is 31.6 Å². The number of amides is 3. The molecule has 0 fully saturated rings. The summed E-state index contributed by atoms with van der Waals surface area (Å²) in [6.07, 6.45) is 1.36. The van der Waals surface area contributed by atoms with Gasteiger partial charge in [0.25, 0.3) is 0 Å². The highest BCUT2D eigenvalue weighted by Gasteiger charge is 2.32. The van der Waals surface area contributed by atoms with E-state index in [0.29, 0.717) is 31.4 Å². The third kappa shape index (κ3) is 11.0. The molecule has 15 heteroatoms. The van der Waals surface area contributed by atoms with E-state index in [9.17, 15) is 19.2 Å². The SMILES string of the molecule is CC(=O)N[C@H](CCCNC(=N)N)C(=O)N[C@H](C(=O)N[C@@H](CCCNC(=N)N)C(=O)c1nc2ccccc2s1)C(C)C. The Morgan fingerprint density at radius 2 is 1.46 bits per heavy atom. The number of rotatable bonds is 16. The fourth-order valence-electron chi connectivity index (χ4n) is 4.02. The summed E-state index contributed by atoms with van der Waals surface area (Å²) in [6, 6.07) is 4.51. The molecule has 0 aliphatic carbocycles. The predicted octanol–water partition coefficient (Wildman–Crippen LogP) is 0.136. The molecule has 41 heavy (non-hydrogen) atoms. The second kappa shape index (κ2) is 16.1. The maximum atomic E-state index is 13.5. The number of hydrogen-bond acceptors (Lipinski definition) is 8. The lowest BCUT2D eigenvalue weighted by Gasteiger charge is -2.27. The Morgan fingerprint density at radius 3 is 2.00 bits per heavy atom. The molecule has 0 unspecified atom stereocenters. The van der Waals surface area contributed by atoms with Crippen LogP contribution in [0.4, 0.5) is 0 Å². The fourth-order valence-corrected chi connectivity index (χ4v) is 4.98. The number of nitrogens with two attached hydrogens (primary N) is 2. The molecule has 0 saturated heterocycles. The Kier molecular flexibility index (Phi) is 12.9. The highest BCUT2D eigenvalue weighted by molar-refractivity contribution is 7.20. The number of aromatic nitrogens is 1. The van der Waals surface area contributed by atoms with Crippen LogP contribution in [0, 0.1) is 16.7 Å². The normalized spacial score (nSPS) is 13.1. The lowest BCUT2D eigenvalue weighted by molar-refractivity contribution is -0.132. The number of para-hydroxylation sites is 1. The van der Waals surface area contributed by atoms with Crippen LogP contribution in [-0.2, 0) is 14.4 Å². The zero-order chi connectivity index (χ0) is 30.5. The lowest BCUT2D eigenvalue weighted by Crippen LogP contribution is -2.57. The number of guanidine groups is 2. The van der Waals surface area contributed by atoms with E-state index in [1.807, 2.05) is 18.2 Å². The predicted molar refractivity (Wildman–Crippen MR) is 159 cm³/mol. The van der Waals surface area contributed by atoms with Crippen molar-refractivity contribution in [1.29, 1.82) is 10.8 Å². The largest absolute Gasteiger partial charge is 0.370 e. The van der Waals surface area contributed by atoms with E-state index in [0.717, 1.165) is 4.70 Å². The molecule has 1 aromatic heterocycles. The average molecular weight is 589 g/mol. The van der Waals surface area contributed by atoms with Gasteiger partial charge in [0.05, 0.1) is 16.3 Å². The molecule has 0 radical (unpaired) electrons. The molecule has 0 bridgehead atoms. The van der Waals surface area contributed by atoms with E-state index < -0.39 is 35.8 Å². The second-order valence-electron chi connectivity index (χ2n) is 9.86. The van der Waals surface area contributed by atoms with Crippen LogP contribution in [-0.4, -0.2) is 71.6 Å². The van der Waals surface area contributed by atoms with Crippen LogP contribution in [0.25, 0.3) is 10.2 Å². The fraction of sp³-hybridized carbons (Fsp3) is 0.500. The first-order valence-corrected chi connectivity index (χ1v) is 14.1. The van der Waals surface area contributed by atoms with Crippen molar-refractivity contribution < 1.29 is 19.2 Å². The van der Waals surface area contributed by atoms with Crippen LogP contribution in [0.5, 0.6) is 0 Å². The number of nitrogens with one attached hydrogen (secondary N) is 7. The van der Waals surface area contributed by atoms with Gasteiger partial charge in [-0.25, -0.2) is 4.98 Å². The Bertz CT molecular complexity index is 1210. The molecule has 0 spiro atoms. The summed E-state index contributed by atoms with van der Waals surface area (Å²) in [5.41, 5.74) is 11.3. The molecular formula is C26H40N10O4S. The molecular weight excluding hydrogens is 548 g/mol. The van der Waals surface area contributed by atoms with Gasteiger partial charge in [0.15, 0.2) is 16.9 Å². The van der Waals surface area contributed by atoms with E-state index >= 15 is 0 Å². The van der Waals surface area contributed by atoms with Crippen LogP contribution in [0.2, 0.25) is 0 Å². The van der Waals surface area contributed by atoms with E-state index in [1.165, 1.54) is 18.3 Å². The van der Waals surface area contributed by atoms with Gasteiger partial charge in [-0.05, 0) is 43.7 Å². The zero-order valence-corrected chi connectivity index (χ0v) is 24.3. The number of benzene rings is 1. The van der Waals surface area contributed by atoms with Gasteiger partial charge < -0.3 is 38.1 Å². The van der Waals surface area contributed by atoms with E-state index in [4.69, 9.17) is 22.3 Å². The Labute approximate surface area is 242 Å². The van der Waals surface area contributed by atoms with Gasteiger partial charge in [0.1, 0.15) is 12.1 Å². The van der Waals surface area contributed by atoms with Gasteiger partial charge in [-0.15, -0.1) is 11.3 Å². The van der Waals surface area contributed by atoms with E-state index in [2.05, 4.69) is 31.6 Å². The third-order valence-electron chi connectivity index (χ3n) is 6.05. The topological polar surface area (TPSA) is 241 Å². The molecule has 3 amide bonds. The first-order chi connectivity index (χ1) is 19.4. The Morgan fingerprint density at radius 1 is 0.878 bits per heavy atom. The molecule has 2 aromatic rings. The first-order valence-electron chi connectivity index (χ1n) is 13.3. The summed E-state index contributed by atoms with van der Waals surface area (Å²) in [5, 5.41) is 28.3. The molecule has 1 heterocycles. The summed E-state index contributed by atoms with van der Waals surface area (Å²) in [6.45, 7) is 5.47. The molecule has 11 N–H and O–H groups in total. The molecule has 2 rings (SSSR count). The lowest BCUT2D eigenvalue weighted by atomic mass is 10.00. The highest BCUT2D eigenvalue weighted by Crippen LogP contribution is 2.23. The van der Waals surface area contributed by atoms with Crippen LogP contribution >= 0.6 is 11.3 Å². The molecule has 0 aliphatic rings. The van der Waals surface area contributed by atoms with E-state index in [1.54, 1.807) is 19.9 Å². The first kappa shape index (κ1) is 32.9. The van der Waals surface area contributed by atoms with Gasteiger partial charge in [-0.2, -0.15) is 0 Å². The van der Waals surface area contributed by atoms with Crippen LogP contribution in [0.3, 0.4) is 0 Å². The quantitative estimate of drug-likeness (QED) is 0.0559. The standard InChI is InChI=1S/C26H40N10O4S/c1-14(2)20(36-22(39)18(33-15(3)37)10-7-13-32-26(29)30)23(40)34-17(9-6-12-31-25(27)28)21(38)24-35-16-8-4-5-11-19(16)41-24/h4-5,8,11,14,17-18,20H,6-7,9-10,12-13H2,1-3H3,(H,33,37)(H,34,40)(H,36,39)(H4,27,28,31)(H4,29,30,32)/t17-,18+,20-/m0/s1. The maximum absolute atomic E-state index is 13.5. The highest BCUT2D eigenvalue weighted by atomic mass is 32.1. The van der Waals surface area contributed by atoms with Gasteiger partial charge in [-0.3, -0.25) is 30.0 Å². The second-order valence-corrected chi connectivity index (χ2v) is 10.9. The Hall–Kier alpha value is -4.27. The molecule has 14 nitrogen and oxygen atoms in total.